The van der Waals surface area contributed by atoms with Gasteiger partial charge in [0, 0.05) is 25.7 Å². The van der Waals surface area contributed by atoms with E-state index in [9.17, 15) is 9.59 Å². The van der Waals surface area contributed by atoms with Gasteiger partial charge in [-0.3, -0.25) is 4.79 Å². The van der Waals surface area contributed by atoms with E-state index in [1.165, 1.54) is 11.0 Å². The molecule has 0 aromatic heterocycles. The summed E-state index contributed by atoms with van der Waals surface area (Å²) >= 11 is 0. The van der Waals surface area contributed by atoms with E-state index in [2.05, 4.69) is 6.58 Å². The number of amides is 2. The smallest absolute Gasteiger partial charge is 0.407 e. The molecule has 0 saturated carbocycles. The summed E-state index contributed by atoms with van der Waals surface area (Å²) in [5.74, 6) is -0.137. The summed E-state index contributed by atoms with van der Waals surface area (Å²) in [7, 11) is 0. The third-order valence-corrected chi connectivity index (χ3v) is 2.36. The van der Waals surface area contributed by atoms with E-state index in [1.54, 1.807) is 11.8 Å². The Morgan fingerprint density at radius 1 is 1.50 bits per heavy atom. The second kappa shape index (κ2) is 4.13. The van der Waals surface area contributed by atoms with Crippen molar-refractivity contribution in [3.63, 3.8) is 0 Å². The fourth-order valence-electron chi connectivity index (χ4n) is 1.57. The molecule has 1 N–H and O–H groups in total. The van der Waals surface area contributed by atoms with Crippen LogP contribution in [0.25, 0.3) is 0 Å². The maximum absolute atomic E-state index is 11.2. The summed E-state index contributed by atoms with van der Waals surface area (Å²) in [6.45, 7) is 6.44. The fourth-order valence-corrected chi connectivity index (χ4v) is 1.57. The van der Waals surface area contributed by atoms with Gasteiger partial charge in [0.25, 0.3) is 0 Å². The lowest BCUT2D eigenvalue weighted by atomic mass is 10.2. The van der Waals surface area contributed by atoms with Gasteiger partial charge in [0.2, 0.25) is 5.91 Å². The summed E-state index contributed by atoms with van der Waals surface area (Å²) < 4.78 is 0. The van der Waals surface area contributed by atoms with Crippen molar-refractivity contribution in [2.24, 2.45) is 0 Å². The Labute approximate surface area is 82.6 Å². The minimum Gasteiger partial charge on any atom is -0.465 e. The van der Waals surface area contributed by atoms with Gasteiger partial charge in [-0.05, 0) is 13.0 Å². The molecule has 1 atom stereocenters. The highest BCUT2D eigenvalue weighted by Crippen LogP contribution is 2.09. The maximum atomic E-state index is 11.2. The number of hydrogen-bond donors (Lipinski definition) is 1. The molecule has 0 aliphatic carbocycles. The van der Waals surface area contributed by atoms with E-state index in [-0.39, 0.29) is 11.9 Å². The molecule has 5 heteroatoms. The highest BCUT2D eigenvalue weighted by Gasteiger charge is 2.28. The molecule has 14 heavy (non-hydrogen) atoms. The lowest BCUT2D eigenvalue weighted by Gasteiger charge is -2.37. The van der Waals surface area contributed by atoms with Gasteiger partial charge in [0.05, 0.1) is 0 Å². The van der Waals surface area contributed by atoms with Gasteiger partial charge in [-0.25, -0.2) is 4.79 Å². The van der Waals surface area contributed by atoms with Crippen LogP contribution in [0.1, 0.15) is 6.92 Å². The van der Waals surface area contributed by atoms with Crippen molar-refractivity contribution in [2.45, 2.75) is 13.0 Å². The highest BCUT2D eigenvalue weighted by molar-refractivity contribution is 5.87. The second-order valence-corrected chi connectivity index (χ2v) is 3.31. The molecule has 1 unspecified atom stereocenters. The van der Waals surface area contributed by atoms with Crippen LogP contribution in [-0.2, 0) is 4.79 Å². The average molecular weight is 198 g/mol. The second-order valence-electron chi connectivity index (χ2n) is 3.31. The molecule has 0 aromatic rings. The van der Waals surface area contributed by atoms with Crippen LogP contribution < -0.4 is 0 Å². The zero-order valence-electron chi connectivity index (χ0n) is 8.14. The molecule has 2 amide bonds. The van der Waals surface area contributed by atoms with Crippen LogP contribution in [0, 0.1) is 0 Å². The van der Waals surface area contributed by atoms with Gasteiger partial charge in [-0.2, -0.15) is 0 Å². The van der Waals surface area contributed by atoms with Crippen molar-refractivity contribution in [1.29, 1.82) is 0 Å². The van der Waals surface area contributed by atoms with Crippen molar-refractivity contribution >= 4 is 12.0 Å². The Balaban J connectivity index is 2.59. The number of rotatable bonds is 1. The third kappa shape index (κ3) is 2.04. The van der Waals surface area contributed by atoms with Crippen molar-refractivity contribution < 1.29 is 14.7 Å². The largest absolute Gasteiger partial charge is 0.465 e. The van der Waals surface area contributed by atoms with Crippen molar-refractivity contribution in [3.05, 3.63) is 12.7 Å². The molecule has 0 spiro atoms. The van der Waals surface area contributed by atoms with Gasteiger partial charge in [0.15, 0.2) is 0 Å². The van der Waals surface area contributed by atoms with E-state index in [0.717, 1.165) is 0 Å². The third-order valence-electron chi connectivity index (χ3n) is 2.36. The number of nitrogens with zero attached hydrogens (tertiary/aromatic N) is 2. The lowest BCUT2D eigenvalue weighted by Crippen LogP contribution is -2.54. The molecule has 0 radical (unpaired) electrons. The minimum atomic E-state index is -0.928. The molecule has 0 bridgehead atoms. The van der Waals surface area contributed by atoms with Gasteiger partial charge in [-0.1, -0.05) is 6.58 Å². The van der Waals surface area contributed by atoms with Crippen LogP contribution in [0.3, 0.4) is 0 Å². The first kappa shape index (κ1) is 10.6. The van der Waals surface area contributed by atoms with Gasteiger partial charge in [0.1, 0.15) is 0 Å². The molecule has 1 saturated heterocycles. The van der Waals surface area contributed by atoms with Gasteiger partial charge < -0.3 is 14.9 Å². The van der Waals surface area contributed by atoms with Crippen LogP contribution in [-0.4, -0.2) is 52.6 Å². The summed E-state index contributed by atoms with van der Waals surface area (Å²) in [5.41, 5.74) is 0. The highest BCUT2D eigenvalue weighted by atomic mass is 16.4. The van der Waals surface area contributed by atoms with Crippen LogP contribution in [0.15, 0.2) is 12.7 Å². The SMILES string of the molecule is C=CC(=O)N1CCN(C(=O)O)C(C)C1. The molecular weight excluding hydrogens is 184 g/mol. The quantitative estimate of drug-likeness (QED) is 0.620. The van der Waals surface area contributed by atoms with Crippen molar-refractivity contribution in [2.75, 3.05) is 19.6 Å². The zero-order valence-corrected chi connectivity index (χ0v) is 8.14. The zero-order chi connectivity index (χ0) is 10.7. The van der Waals surface area contributed by atoms with Crippen LogP contribution >= 0.6 is 0 Å². The summed E-state index contributed by atoms with van der Waals surface area (Å²) in [5, 5.41) is 8.79. The number of carbonyl (C=O) groups is 2. The Kier molecular flexibility index (Phi) is 3.11. The molecule has 78 valence electrons. The van der Waals surface area contributed by atoms with Crippen LogP contribution in [0.2, 0.25) is 0 Å². The number of carbonyl (C=O) groups excluding carboxylic acids is 1. The summed E-state index contributed by atoms with van der Waals surface area (Å²) in [4.78, 5) is 24.9. The molecule has 0 aromatic carbocycles. The first-order valence-electron chi connectivity index (χ1n) is 4.47. The first-order valence-corrected chi connectivity index (χ1v) is 4.47. The van der Waals surface area contributed by atoms with Crippen LogP contribution in [0.4, 0.5) is 4.79 Å². The van der Waals surface area contributed by atoms with E-state index < -0.39 is 6.09 Å². The molecule has 1 aliphatic heterocycles. The Morgan fingerprint density at radius 2 is 2.14 bits per heavy atom. The van der Waals surface area contributed by atoms with Crippen LogP contribution in [0.5, 0.6) is 0 Å². The molecular formula is C9H14N2O3. The van der Waals surface area contributed by atoms with Gasteiger partial charge >= 0.3 is 6.09 Å². The molecule has 1 aliphatic rings. The number of carboxylic acid groups (broad SMARTS) is 1. The van der Waals surface area contributed by atoms with E-state index in [1.807, 2.05) is 0 Å². The monoisotopic (exact) mass is 198 g/mol. The normalized spacial score (nSPS) is 21.9. The van der Waals surface area contributed by atoms with Crippen molar-refractivity contribution in [3.8, 4) is 0 Å². The molecule has 5 nitrogen and oxygen atoms in total. The molecule has 1 rings (SSSR count). The Morgan fingerprint density at radius 3 is 2.57 bits per heavy atom. The topological polar surface area (TPSA) is 60.9 Å². The van der Waals surface area contributed by atoms with E-state index >= 15 is 0 Å². The van der Waals surface area contributed by atoms with Crippen molar-refractivity contribution in [1.82, 2.24) is 9.80 Å². The molecule has 1 heterocycles. The maximum Gasteiger partial charge on any atom is 0.407 e. The van der Waals surface area contributed by atoms with Gasteiger partial charge in [-0.15, -0.1) is 0 Å². The lowest BCUT2D eigenvalue weighted by molar-refractivity contribution is -0.128. The predicted octanol–water partition coefficient (Wildman–Crippen LogP) is 0.383. The standard InChI is InChI=1S/C9H14N2O3/c1-3-8(12)10-4-5-11(9(13)14)7(2)6-10/h3,7H,1,4-6H2,2H3,(H,13,14). The van der Waals surface area contributed by atoms with E-state index in [4.69, 9.17) is 5.11 Å². The minimum absolute atomic E-state index is 0.137. The summed E-state index contributed by atoms with van der Waals surface area (Å²) in [6.07, 6.45) is 0.326. The van der Waals surface area contributed by atoms with E-state index in [0.29, 0.717) is 19.6 Å². The molecule has 1 fully saturated rings. The number of piperazine rings is 1. The number of hydrogen-bond acceptors (Lipinski definition) is 2. The Bertz CT molecular complexity index is 265. The fraction of sp³-hybridized carbons (Fsp3) is 0.556. The Hall–Kier alpha value is -1.52. The predicted molar refractivity (Wildman–Crippen MR) is 51.0 cm³/mol. The average Bonchev–Trinajstić information content (AvgIpc) is 2.15. The summed E-state index contributed by atoms with van der Waals surface area (Å²) in [6, 6.07) is -0.148. The first-order chi connectivity index (χ1) is 6.56.